The number of amides is 1. The smallest absolute Gasteiger partial charge is 0.254 e. The van der Waals surface area contributed by atoms with Crippen molar-refractivity contribution in [3.8, 4) is 11.5 Å². The van der Waals surface area contributed by atoms with E-state index in [1.165, 1.54) is 10.4 Å². The van der Waals surface area contributed by atoms with Gasteiger partial charge in [-0.3, -0.25) is 4.79 Å². The van der Waals surface area contributed by atoms with Crippen LogP contribution in [-0.4, -0.2) is 81.4 Å². The van der Waals surface area contributed by atoms with E-state index in [1.54, 1.807) is 23.1 Å². The lowest BCUT2D eigenvalue weighted by Crippen LogP contribution is -2.47. The minimum Gasteiger partial charge on any atom is -0.486 e. The summed E-state index contributed by atoms with van der Waals surface area (Å²) >= 11 is 0. The summed E-state index contributed by atoms with van der Waals surface area (Å²) in [5.41, 5.74) is 1.21. The van der Waals surface area contributed by atoms with E-state index in [2.05, 4.69) is 4.90 Å². The molecular formula is C23H29N3O5S. The SMILES string of the molecule is CCN(Cc1cccc2c1OCCO2)C(=O)c1cccc(S(=O)(=O)N2CCN(C)CC2)c1. The lowest BCUT2D eigenvalue weighted by molar-refractivity contribution is 0.0749. The molecule has 0 unspecified atom stereocenters. The number of hydrogen-bond donors (Lipinski definition) is 0. The maximum Gasteiger partial charge on any atom is 0.254 e. The van der Waals surface area contributed by atoms with Crippen molar-refractivity contribution in [2.24, 2.45) is 0 Å². The number of rotatable bonds is 6. The van der Waals surface area contributed by atoms with Gasteiger partial charge in [0, 0.05) is 50.4 Å². The van der Waals surface area contributed by atoms with E-state index in [1.807, 2.05) is 32.2 Å². The summed E-state index contributed by atoms with van der Waals surface area (Å²) < 4.78 is 39.1. The van der Waals surface area contributed by atoms with Gasteiger partial charge in [0.05, 0.1) is 4.90 Å². The van der Waals surface area contributed by atoms with E-state index in [0.717, 1.165) is 5.56 Å². The van der Waals surface area contributed by atoms with Crippen LogP contribution in [0.4, 0.5) is 0 Å². The zero-order valence-electron chi connectivity index (χ0n) is 18.5. The Bertz CT molecular complexity index is 1080. The van der Waals surface area contributed by atoms with Crippen LogP contribution in [0.1, 0.15) is 22.8 Å². The van der Waals surface area contributed by atoms with Crippen LogP contribution >= 0.6 is 0 Å². The van der Waals surface area contributed by atoms with E-state index in [-0.39, 0.29) is 10.8 Å². The first-order chi connectivity index (χ1) is 15.4. The van der Waals surface area contributed by atoms with Gasteiger partial charge in [-0.25, -0.2) is 8.42 Å². The molecule has 0 N–H and O–H groups in total. The van der Waals surface area contributed by atoms with Crippen molar-refractivity contribution in [3.63, 3.8) is 0 Å². The number of nitrogens with zero attached hydrogens (tertiary/aromatic N) is 3. The summed E-state index contributed by atoms with van der Waals surface area (Å²) in [4.78, 5) is 17.2. The summed E-state index contributed by atoms with van der Waals surface area (Å²) in [7, 11) is -1.67. The van der Waals surface area contributed by atoms with Crippen molar-refractivity contribution in [2.75, 3.05) is 53.0 Å². The van der Waals surface area contributed by atoms with E-state index < -0.39 is 10.0 Å². The monoisotopic (exact) mass is 459 g/mol. The van der Waals surface area contributed by atoms with Crippen LogP contribution in [-0.2, 0) is 16.6 Å². The van der Waals surface area contributed by atoms with Crippen LogP contribution in [0.2, 0.25) is 0 Å². The molecule has 0 aliphatic carbocycles. The molecule has 0 bridgehead atoms. The molecule has 0 radical (unpaired) electrons. The number of sulfonamides is 1. The van der Waals surface area contributed by atoms with Gasteiger partial charge in [-0.15, -0.1) is 0 Å². The van der Waals surface area contributed by atoms with E-state index in [4.69, 9.17) is 9.47 Å². The predicted molar refractivity (Wildman–Crippen MR) is 121 cm³/mol. The van der Waals surface area contributed by atoms with Crippen LogP contribution < -0.4 is 9.47 Å². The van der Waals surface area contributed by atoms with Gasteiger partial charge in [0.1, 0.15) is 13.2 Å². The summed E-state index contributed by atoms with van der Waals surface area (Å²) in [6.45, 7) is 5.95. The quantitative estimate of drug-likeness (QED) is 0.658. The first-order valence-corrected chi connectivity index (χ1v) is 12.3. The second-order valence-corrected chi connectivity index (χ2v) is 9.93. The Morgan fingerprint density at radius 3 is 2.50 bits per heavy atom. The molecule has 2 aromatic rings. The molecule has 2 aliphatic rings. The molecule has 2 aliphatic heterocycles. The highest BCUT2D eigenvalue weighted by molar-refractivity contribution is 7.89. The fourth-order valence-corrected chi connectivity index (χ4v) is 5.41. The standard InChI is InChI=1S/C23H29N3O5S/c1-3-25(17-19-7-5-9-21-22(19)31-15-14-30-21)23(27)18-6-4-8-20(16-18)32(28,29)26-12-10-24(2)11-13-26/h4-9,16H,3,10-15,17H2,1-2H3. The molecule has 2 heterocycles. The minimum atomic E-state index is -3.65. The number of carbonyl (C=O) groups is 1. The highest BCUT2D eigenvalue weighted by Crippen LogP contribution is 2.34. The molecule has 0 atom stereocenters. The van der Waals surface area contributed by atoms with E-state index in [9.17, 15) is 13.2 Å². The molecular weight excluding hydrogens is 430 g/mol. The van der Waals surface area contributed by atoms with Crippen molar-refractivity contribution >= 4 is 15.9 Å². The zero-order chi connectivity index (χ0) is 22.7. The first-order valence-electron chi connectivity index (χ1n) is 10.9. The van der Waals surface area contributed by atoms with Crippen molar-refractivity contribution in [2.45, 2.75) is 18.4 Å². The van der Waals surface area contributed by atoms with Crippen LogP contribution in [0.15, 0.2) is 47.4 Å². The predicted octanol–water partition coefficient (Wildman–Crippen LogP) is 2.06. The average Bonchev–Trinajstić information content (AvgIpc) is 2.82. The van der Waals surface area contributed by atoms with Crippen LogP contribution in [0.3, 0.4) is 0 Å². The number of para-hydroxylation sites is 1. The molecule has 4 rings (SSSR count). The third kappa shape index (κ3) is 4.60. The molecule has 8 nitrogen and oxygen atoms in total. The fraction of sp³-hybridized carbons (Fsp3) is 0.435. The largest absolute Gasteiger partial charge is 0.486 e. The second kappa shape index (κ2) is 9.48. The van der Waals surface area contributed by atoms with E-state index >= 15 is 0 Å². The Balaban J connectivity index is 1.55. The van der Waals surface area contributed by atoms with Crippen molar-refractivity contribution in [1.29, 1.82) is 0 Å². The third-order valence-corrected chi connectivity index (χ3v) is 7.75. The number of carbonyl (C=O) groups excluding carboxylic acids is 1. The fourth-order valence-electron chi connectivity index (χ4n) is 3.94. The second-order valence-electron chi connectivity index (χ2n) is 8.00. The zero-order valence-corrected chi connectivity index (χ0v) is 19.3. The lowest BCUT2D eigenvalue weighted by atomic mass is 10.1. The van der Waals surface area contributed by atoms with Crippen LogP contribution in [0, 0.1) is 0 Å². The number of likely N-dealkylation sites (N-methyl/N-ethyl adjacent to an activating group) is 1. The van der Waals surface area contributed by atoms with Crippen molar-refractivity contribution in [3.05, 3.63) is 53.6 Å². The molecule has 1 fully saturated rings. The maximum atomic E-state index is 13.3. The van der Waals surface area contributed by atoms with Gasteiger partial charge in [-0.1, -0.05) is 18.2 Å². The molecule has 0 saturated carbocycles. The highest BCUT2D eigenvalue weighted by atomic mass is 32.2. The van der Waals surface area contributed by atoms with Gasteiger partial charge < -0.3 is 19.3 Å². The Kier molecular flexibility index (Phi) is 6.68. The summed E-state index contributed by atoms with van der Waals surface area (Å²) in [6, 6.07) is 12.0. The maximum absolute atomic E-state index is 13.3. The molecule has 172 valence electrons. The van der Waals surface area contributed by atoms with Crippen molar-refractivity contribution < 1.29 is 22.7 Å². The Morgan fingerprint density at radius 2 is 1.75 bits per heavy atom. The average molecular weight is 460 g/mol. The van der Waals surface area contributed by atoms with Gasteiger partial charge in [0.2, 0.25) is 10.0 Å². The number of piperazine rings is 1. The van der Waals surface area contributed by atoms with Crippen LogP contribution in [0.25, 0.3) is 0 Å². The van der Waals surface area contributed by atoms with Crippen LogP contribution in [0.5, 0.6) is 11.5 Å². The minimum absolute atomic E-state index is 0.151. The van der Waals surface area contributed by atoms with Gasteiger partial charge in [-0.05, 0) is 38.2 Å². The Hall–Kier alpha value is -2.62. The molecule has 0 aromatic heterocycles. The molecule has 9 heteroatoms. The topological polar surface area (TPSA) is 79.4 Å². The third-order valence-electron chi connectivity index (χ3n) is 5.86. The number of hydrogen-bond acceptors (Lipinski definition) is 6. The molecule has 2 aromatic carbocycles. The van der Waals surface area contributed by atoms with Crippen molar-refractivity contribution in [1.82, 2.24) is 14.1 Å². The molecule has 1 saturated heterocycles. The number of benzene rings is 2. The molecule has 32 heavy (non-hydrogen) atoms. The van der Waals surface area contributed by atoms with Gasteiger partial charge in [0.15, 0.2) is 11.5 Å². The lowest BCUT2D eigenvalue weighted by Gasteiger charge is -2.31. The molecule has 0 spiro atoms. The Labute approximate surface area is 189 Å². The van der Waals surface area contributed by atoms with Gasteiger partial charge in [-0.2, -0.15) is 4.31 Å². The summed E-state index contributed by atoms with van der Waals surface area (Å²) in [5, 5.41) is 0. The summed E-state index contributed by atoms with van der Waals surface area (Å²) in [5.74, 6) is 1.12. The first kappa shape index (κ1) is 22.6. The summed E-state index contributed by atoms with van der Waals surface area (Å²) in [6.07, 6.45) is 0. The highest BCUT2D eigenvalue weighted by Gasteiger charge is 2.28. The van der Waals surface area contributed by atoms with E-state index in [0.29, 0.717) is 69.5 Å². The molecule has 1 amide bonds. The Morgan fingerprint density at radius 1 is 1.03 bits per heavy atom. The number of fused-ring (bicyclic) bond motifs is 1. The van der Waals surface area contributed by atoms with Gasteiger partial charge >= 0.3 is 0 Å². The number of ether oxygens (including phenoxy) is 2. The van der Waals surface area contributed by atoms with Gasteiger partial charge in [0.25, 0.3) is 5.91 Å². The normalized spacial score (nSPS) is 17.2.